The molecule has 0 aromatic rings. The molecule has 1 rings (SSSR count). The fourth-order valence-electron chi connectivity index (χ4n) is 2.48. The van der Waals surface area contributed by atoms with Crippen molar-refractivity contribution < 1.29 is 0 Å². The Morgan fingerprint density at radius 2 is 2.00 bits per heavy atom. The number of rotatable bonds is 7. The van der Waals surface area contributed by atoms with Crippen molar-refractivity contribution in [2.75, 3.05) is 25.1 Å². The summed E-state index contributed by atoms with van der Waals surface area (Å²) in [5, 5.41) is 3.64. The van der Waals surface area contributed by atoms with E-state index in [0.29, 0.717) is 0 Å². The van der Waals surface area contributed by atoms with E-state index in [1.165, 1.54) is 57.4 Å². The Balaban J connectivity index is 1.94. The Morgan fingerprint density at radius 3 is 2.73 bits per heavy atom. The van der Waals surface area contributed by atoms with E-state index in [0.717, 1.165) is 11.8 Å². The summed E-state index contributed by atoms with van der Waals surface area (Å²) in [7, 11) is 0. The lowest BCUT2D eigenvalue weighted by Crippen LogP contribution is -2.29. The molecule has 1 fully saturated rings. The average molecular weight is 229 g/mol. The molecule has 0 aromatic carbocycles. The van der Waals surface area contributed by atoms with Crippen molar-refractivity contribution in [3.8, 4) is 0 Å². The van der Waals surface area contributed by atoms with Gasteiger partial charge in [-0.05, 0) is 56.2 Å². The van der Waals surface area contributed by atoms with Gasteiger partial charge in [0, 0.05) is 0 Å². The second-order valence-corrected chi connectivity index (χ2v) is 5.91. The van der Waals surface area contributed by atoms with Crippen LogP contribution in [0.1, 0.15) is 45.4 Å². The van der Waals surface area contributed by atoms with Crippen LogP contribution in [0.5, 0.6) is 0 Å². The molecule has 2 unspecified atom stereocenters. The summed E-state index contributed by atoms with van der Waals surface area (Å²) < 4.78 is 0. The van der Waals surface area contributed by atoms with Crippen LogP contribution >= 0.6 is 11.8 Å². The third-order valence-electron chi connectivity index (χ3n) is 3.65. The van der Waals surface area contributed by atoms with Gasteiger partial charge in [-0.1, -0.05) is 26.2 Å². The summed E-state index contributed by atoms with van der Waals surface area (Å²) in [6.07, 6.45) is 10.7. The molecule has 1 saturated carbocycles. The molecule has 0 aliphatic heterocycles. The van der Waals surface area contributed by atoms with Gasteiger partial charge >= 0.3 is 0 Å². The van der Waals surface area contributed by atoms with E-state index in [1.54, 1.807) is 0 Å². The number of unbranched alkanes of at least 4 members (excludes halogenated alkanes) is 1. The minimum absolute atomic E-state index is 0.956. The first kappa shape index (κ1) is 13.4. The monoisotopic (exact) mass is 229 g/mol. The smallest absolute Gasteiger partial charge is 0.00180 e. The van der Waals surface area contributed by atoms with Crippen molar-refractivity contribution >= 4 is 11.8 Å². The molecule has 1 N–H and O–H groups in total. The van der Waals surface area contributed by atoms with Gasteiger partial charge in [-0.25, -0.2) is 0 Å². The van der Waals surface area contributed by atoms with Gasteiger partial charge in [-0.2, -0.15) is 11.8 Å². The van der Waals surface area contributed by atoms with Crippen LogP contribution in [0.2, 0.25) is 0 Å². The number of hydrogen-bond acceptors (Lipinski definition) is 2. The molecular formula is C13H27NS. The maximum atomic E-state index is 3.64. The summed E-state index contributed by atoms with van der Waals surface area (Å²) in [5.74, 6) is 3.23. The molecule has 0 aromatic heterocycles. The minimum atomic E-state index is 0.956. The molecule has 1 aliphatic carbocycles. The Kier molecular flexibility index (Phi) is 7.54. The van der Waals surface area contributed by atoms with Crippen LogP contribution in [0.4, 0.5) is 0 Å². The maximum Gasteiger partial charge on any atom is -0.00180 e. The Labute approximate surface area is 99.8 Å². The Bertz CT molecular complexity index is 149. The van der Waals surface area contributed by atoms with E-state index in [-0.39, 0.29) is 0 Å². The lowest BCUT2D eigenvalue weighted by Gasteiger charge is -2.28. The molecule has 2 heteroatoms. The number of thioether (sulfide) groups is 1. The van der Waals surface area contributed by atoms with E-state index in [9.17, 15) is 0 Å². The first-order valence-corrected chi connectivity index (χ1v) is 7.93. The summed E-state index contributed by atoms with van der Waals surface area (Å²) in [6.45, 7) is 4.92. The number of nitrogens with one attached hydrogen (secondary N) is 1. The average Bonchev–Trinajstić information content (AvgIpc) is 2.25. The van der Waals surface area contributed by atoms with Gasteiger partial charge < -0.3 is 5.32 Å². The summed E-state index contributed by atoms with van der Waals surface area (Å²) in [5.41, 5.74) is 0. The molecule has 15 heavy (non-hydrogen) atoms. The van der Waals surface area contributed by atoms with Crippen LogP contribution in [0.25, 0.3) is 0 Å². The standard InChI is InChI=1S/C13H27NS/c1-12-7-3-4-8-13(12)11-14-9-5-6-10-15-2/h12-14H,3-11H2,1-2H3. The number of hydrogen-bond donors (Lipinski definition) is 1. The van der Waals surface area contributed by atoms with Crippen LogP contribution in [0, 0.1) is 11.8 Å². The SMILES string of the molecule is CSCCCCNCC1CCCCC1C. The lowest BCUT2D eigenvalue weighted by molar-refractivity contribution is 0.248. The minimum Gasteiger partial charge on any atom is -0.316 e. The van der Waals surface area contributed by atoms with Crippen molar-refractivity contribution in [3.05, 3.63) is 0 Å². The normalized spacial score (nSPS) is 26.8. The van der Waals surface area contributed by atoms with Crippen molar-refractivity contribution in [1.82, 2.24) is 5.32 Å². The highest BCUT2D eigenvalue weighted by molar-refractivity contribution is 7.98. The molecular weight excluding hydrogens is 202 g/mol. The fraction of sp³-hybridized carbons (Fsp3) is 1.00. The Morgan fingerprint density at radius 1 is 1.20 bits per heavy atom. The van der Waals surface area contributed by atoms with Crippen molar-refractivity contribution in [2.45, 2.75) is 45.4 Å². The zero-order valence-electron chi connectivity index (χ0n) is 10.4. The zero-order chi connectivity index (χ0) is 10.9. The second kappa shape index (κ2) is 8.46. The topological polar surface area (TPSA) is 12.0 Å². The van der Waals surface area contributed by atoms with Crippen LogP contribution in [0.15, 0.2) is 0 Å². The van der Waals surface area contributed by atoms with Crippen LogP contribution in [0.3, 0.4) is 0 Å². The van der Waals surface area contributed by atoms with Gasteiger partial charge in [0.1, 0.15) is 0 Å². The summed E-state index contributed by atoms with van der Waals surface area (Å²) in [4.78, 5) is 0. The van der Waals surface area contributed by atoms with Crippen molar-refractivity contribution in [2.24, 2.45) is 11.8 Å². The third kappa shape index (κ3) is 5.82. The van der Waals surface area contributed by atoms with E-state index < -0.39 is 0 Å². The predicted molar refractivity (Wildman–Crippen MR) is 71.6 cm³/mol. The van der Waals surface area contributed by atoms with E-state index >= 15 is 0 Å². The lowest BCUT2D eigenvalue weighted by atomic mass is 9.80. The van der Waals surface area contributed by atoms with Gasteiger partial charge in [0.2, 0.25) is 0 Å². The molecule has 0 saturated heterocycles. The van der Waals surface area contributed by atoms with Gasteiger partial charge in [0.25, 0.3) is 0 Å². The second-order valence-electron chi connectivity index (χ2n) is 4.93. The molecule has 0 bridgehead atoms. The van der Waals surface area contributed by atoms with Crippen molar-refractivity contribution in [1.29, 1.82) is 0 Å². The first-order valence-electron chi connectivity index (χ1n) is 6.54. The van der Waals surface area contributed by atoms with Crippen molar-refractivity contribution in [3.63, 3.8) is 0 Å². The van der Waals surface area contributed by atoms with Gasteiger partial charge in [0.05, 0.1) is 0 Å². The van der Waals surface area contributed by atoms with Gasteiger partial charge in [0.15, 0.2) is 0 Å². The largest absolute Gasteiger partial charge is 0.316 e. The molecule has 1 nitrogen and oxygen atoms in total. The predicted octanol–water partition coefficient (Wildman–Crippen LogP) is 3.55. The van der Waals surface area contributed by atoms with E-state index in [4.69, 9.17) is 0 Å². The molecule has 0 spiro atoms. The molecule has 1 aliphatic rings. The van der Waals surface area contributed by atoms with E-state index in [2.05, 4.69) is 18.5 Å². The van der Waals surface area contributed by atoms with Crippen LogP contribution in [-0.4, -0.2) is 25.1 Å². The molecule has 2 atom stereocenters. The quantitative estimate of drug-likeness (QED) is 0.670. The Hall–Kier alpha value is 0.310. The molecule has 90 valence electrons. The zero-order valence-corrected chi connectivity index (χ0v) is 11.2. The maximum absolute atomic E-state index is 3.64. The highest BCUT2D eigenvalue weighted by Gasteiger charge is 2.20. The molecule has 0 radical (unpaired) electrons. The highest BCUT2D eigenvalue weighted by Crippen LogP contribution is 2.28. The highest BCUT2D eigenvalue weighted by atomic mass is 32.2. The molecule has 0 heterocycles. The van der Waals surface area contributed by atoms with Crippen LogP contribution < -0.4 is 5.32 Å². The fourth-order valence-corrected chi connectivity index (χ4v) is 2.97. The third-order valence-corrected chi connectivity index (χ3v) is 4.34. The summed E-state index contributed by atoms with van der Waals surface area (Å²) in [6, 6.07) is 0. The first-order chi connectivity index (χ1) is 7.34. The summed E-state index contributed by atoms with van der Waals surface area (Å²) >= 11 is 1.96. The van der Waals surface area contributed by atoms with Gasteiger partial charge in [-0.3, -0.25) is 0 Å². The van der Waals surface area contributed by atoms with Gasteiger partial charge in [-0.15, -0.1) is 0 Å². The van der Waals surface area contributed by atoms with Crippen LogP contribution in [-0.2, 0) is 0 Å². The molecule has 0 amide bonds. The van der Waals surface area contributed by atoms with E-state index in [1.807, 2.05) is 11.8 Å².